The molecule has 2 rings (SSSR count). The van der Waals surface area contributed by atoms with Gasteiger partial charge in [0.25, 0.3) is 0 Å². The van der Waals surface area contributed by atoms with Crippen LogP contribution in [-0.4, -0.2) is 10.9 Å². The van der Waals surface area contributed by atoms with Crippen molar-refractivity contribution >= 4 is 29.0 Å². The molecule has 1 aromatic carbocycles. The molecule has 1 saturated carbocycles. The highest BCUT2D eigenvalue weighted by Crippen LogP contribution is 2.35. The first kappa shape index (κ1) is 12.7. The van der Waals surface area contributed by atoms with Crippen LogP contribution in [0.15, 0.2) is 12.1 Å². The Hall–Kier alpha value is -0.730. The molecule has 0 heterocycles. The predicted molar refractivity (Wildman–Crippen MR) is 69.0 cm³/mol. The van der Waals surface area contributed by atoms with E-state index in [0.717, 1.165) is 25.7 Å². The molecule has 0 spiro atoms. The van der Waals surface area contributed by atoms with E-state index in [1.807, 2.05) is 0 Å². The number of phenolic OH excluding ortho intramolecular Hbond substituents is 1. The maximum atomic E-state index is 12.2. The first-order valence-electron chi connectivity index (χ1n) is 5.82. The Morgan fingerprint density at radius 2 is 1.82 bits per heavy atom. The van der Waals surface area contributed by atoms with Gasteiger partial charge in [-0.1, -0.05) is 42.5 Å². The summed E-state index contributed by atoms with van der Waals surface area (Å²) in [5.74, 6) is -0.178. The van der Waals surface area contributed by atoms with Crippen molar-refractivity contribution < 1.29 is 9.90 Å². The molecule has 0 amide bonds. The molecule has 0 radical (unpaired) electrons. The second-order valence-corrected chi connectivity index (χ2v) is 5.33. The van der Waals surface area contributed by atoms with Gasteiger partial charge in [0, 0.05) is 10.9 Å². The summed E-state index contributed by atoms with van der Waals surface area (Å²) in [5, 5.41) is 10.3. The van der Waals surface area contributed by atoms with E-state index >= 15 is 0 Å². The van der Waals surface area contributed by atoms with Crippen LogP contribution < -0.4 is 0 Å². The molecule has 0 atom stereocenters. The van der Waals surface area contributed by atoms with Gasteiger partial charge in [0.2, 0.25) is 0 Å². The molecule has 1 fully saturated rings. The third-order valence-corrected chi connectivity index (χ3v) is 3.78. The maximum absolute atomic E-state index is 12.2. The van der Waals surface area contributed by atoms with Gasteiger partial charge in [-0.2, -0.15) is 0 Å². The SMILES string of the molecule is O=C(c1cc(Cl)cc(Cl)c1O)C1CCCCC1. The van der Waals surface area contributed by atoms with Gasteiger partial charge in [0.05, 0.1) is 10.6 Å². The normalized spacial score (nSPS) is 17.1. The van der Waals surface area contributed by atoms with E-state index in [2.05, 4.69) is 0 Å². The number of Topliss-reactive ketones (excluding diaryl/α,β-unsaturated/α-hetero) is 1. The van der Waals surface area contributed by atoms with Gasteiger partial charge < -0.3 is 5.11 Å². The highest BCUT2D eigenvalue weighted by molar-refractivity contribution is 6.36. The van der Waals surface area contributed by atoms with Crippen molar-refractivity contribution in [1.82, 2.24) is 0 Å². The van der Waals surface area contributed by atoms with Crippen molar-refractivity contribution in [3.05, 3.63) is 27.7 Å². The number of carbonyl (C=O) groups is 1. The number of ketones is 1. The molecule has 0 bridgehead atoms. The Kier molecular flexibility index (Phi) is 3.95. The van der Waals surface area contributed by atoms with E-state index in [1.165, 1.54) is 18.6 Å². The molecule has 4 heteroatoms. The molecule has 17 heavy (non-hydrogen) atoms. The first-order valence-corrected chi connectivity index (χ1v) is 6.57. The Morgan fingerprint density at radius 1 is 1.18 bits per heavy atom. The van der Waals surface area contributed by atoms with E-state index in [9.17, 15) is 9.90 Å². The lowest BCUT2D eigenvalue weighted by molar-refractivity contribution is 0.0887. The lowest BCUT2D eigenvalue weighted by atomic mass is 9.83. The number of benzene rings is 1. The second-order valence-electron chi connectivity index (χ2n) is 4.48. The topological polar surface area (TPSA) is 37.3 Å². The van der Waals surface area contributed by atoms with Crippen LogP contribution in [0.1, 0.15) is 42.5 Å². The average Bonchev–Trinajstić information content (AvgIpc) is 2.34. The van der Waals surface area contributed by atoms with Crippen LogP contribution in [0.2, 0.25) is 10.0 Å². The van der Waals surface area contributed by atoms with Crippen LogP contribution in [0.3, 0.4) is 0 Å². The first-order chi connectivity index (χ1) is 8.09. The number of carbonyl (C=O) groups excluding carboxylic acids is 1. The number of aromatic hydroxyl groups is 1. The summed E-state index contributed by atoms with van der Waals surface area (Å²) in [4.78, 5) is 12.2. The minimum Gasteiger partial charge on any atom is -0.506 e. The molecule has 1 aliphatic carbocycles. The molecule has 1 aliphatic rings. The van der Waals surface area contributed by atoms with Gasteiger partial charge in [-0.05, 0) is 25.0 Å². The van der Waals surface area contributed by atoms with Gasteiger partial charge in [-0.15, -0.1) is 0 Å². The number of halogens is 2. The summed E-state index contributed by atoms with van der Waals surface area (Å²) in [5.41, 5.74) is 0.259. The summed E-state index contributed by atoms with van der Waals surface area (Å²) in [6, 6.07) is 2.94. The third kappa shape index (κ3) is 2.75. The zero-order valence-corrected chi connectivity index (χ0v) is 10.9. The van der Waals surface area contributed by atoms with E-state index in [4.69, 9.17) is 23.2 Å². The summed E-state index contributed by atoms with van der Waals surface area (Å²) in [7, 11) is 0. The summed E-state index contributed by atoms with van der Waals surface area (Å²) in [6.45, 7) is 0. The van der Waals surface area contributed by atoms with Crippen LogP contribution in [0.4, 0.5) is 0 Å². The van der Waals surface area contributed by atoms with Crippen molar-refractivity contribution in [2.75, 3.05) is 0 Å². The summed E-state index contributed by atoms with van der Waals surface area (Å²) >= 11 is 11.7. The van der Waals surface area contributed by atoms with Crippen LogP contribution in [0.25, 0.3) is 0 Å². The number of rotatable bonds is 2. The molecule has 92 valence electrons. The Labute approximate surface area is 111 Å². The van der Waals surface area contributed by atoms with Crippen molar-refractivity contribution in [2.45, 2.75) is 32.1 Å². The van der Waals surface area contributed by atoms with Gasteiger partial charge in [-0.3, -0.25) is 4.79 Å². The third-order valence-electron chi connectivity index (χ3n) is 3.27. The number of phenols is 1. The Balaban J connectivity index is 2.29. The Bertz CT molecular complexity index is 437. The van der Waals surface area contributed by atoms with Crippen molar-refractivity contribution in [3.63, 3.8) is 0 Å². The van der Waals surface area contributed by atoms with Gasteiger partial charge >= 0.3 is 0 Å². The number of hydrogen-bond donors (Lipinski definition) is 1. The van der Waals surface area contributed by atoms with E-state index in [0.29, 0.717) is 5.02 Å². The molecule has 0 aliphatic heterocycles. The molecule has 0 aromatic heterocycles. The molecule has 1 aromatic rings. The average molecular weight is 273 g/mol. The maximum Gasteiger partial charge on any atom is 0.169 e. The van der Waals surface area contributed by atoms with Crippen molar-refractivity contribution in [3.8, 4) is 5.75 Å². The van der Waals surface area contributed by atoms with Gasteiger partial charge in [0.15, 0.2) is 5.78 Å². The minimum atomic E-state index is -0.147. The van der Waals surface area contributed by atoms with Crippen LogP contribution in [-0.2, 0) is 0 Å². The van der Waals surface area contributed by atoms with E-state index in [1.54, 1.807) is 0 Å². The molecular formula is C13H14Cl2O2. The zero-order chi connectivity index (χ0) is 12.4. The standard InChI is InChI=1S/C13H14Cl2O2/c14-9-6-10(13(17)11(15)7-9)12(16)8-4-2-1-3-5-8/h6-8,17H,1-5H2. The van der Waals surface area contributed by atoms with Crippen molar-refractivity contribution in [2.24, 2.45) is 5.92 Å². The van der Waals surface area contributed by atoms with Crippen molar-refractivity contribution in [1.29, 1.82) is 0 Å². The van der Waals surface area contributed by atoms with E-state index < -0.39 is 0 Å². The molecular weight excluding hydrogens is 259 g/mol. The summed E-state index contributed by atoms with van der Waals surface area (Å²) in [6.07, 6.45) is 5.12. The predicted octanol–water partition coefficient (Wildman–Crippen LogP) is 4.46. The van der Waals surface area contributed by atoms with E-state index in [-0.39, 0.29) is 28.0 Å². The second kappa shape index (κ2) is 5.28. The molecule has 2 nitrogen and oxygen atoms in total. The monoisotopic (exact) mass is 272 g/mol. The fourth-order valence-electron chi connectivity index (χ4n) is 2.34. The quantitative estimate of drug-likeness (QED) is 0.807. The molecule has 0 unspecified atom stereocenters. The highest BCUT2D eigenvalue weighted by atomic mass is 35.5. The largest absolute Gasteiger partial charge is 0.506 e. The lowest BCUT2D eigenvalue weighted by Gasteiger charge is -2.20. The highest BCUT2D eigenvalue weighted by Gasteiger charge is 2.25. The zero-order valence-electron chi connectivity index (χ0n) is 9.38. The number of hydrogen-bond acceptors (Lipinski definition) is 2. The fourth-order valence-corrected chi connectivity index (χ4v) is 2.83. The smallest absolute Gasteiger partial charge is 0.169 e. The van der Waals surface area contributed by atoms with Crippen LogP contribution in [0.5, 0.6) is 5.75 Å². The molecule has 0 saturated heterocycles. The van der Waals surface area contributed by atoms with Crippen LogP contribution >= 0.6 is 23.2 Å². The van der Waals surface area contributed by atoms with Gasteiger partial charge in [0.1, 0.15) is 5.75 Å². The molecule has 1 N–H and O–H groups in total. The fraction of sp³-hybridized carbons (Fsp3) is 0.462. The minimum absolute atomic E-state index is 0.00387. The van der Waals surface area contributed by atoms with Crippen LogP contribution in [0, 0.1) is 5.92 Å². The Morgan fingerprint density at radius 3 is 2.47 bits per heavy atom. The lowest BCUT2D eigenvalue weighted by Crippen LogP contribution is -2.18. The van der Waals surface area contributed by atoms with Gasteiger partial charge in [-0.25, -0.2) is 0 Å². The summed E-state index contributed by atoms with van der Waals surface area (Å²) < 4.78 is 0.